The third kappa shape index (κ3) is 3.23. The first-order valence-electron chi connectivity index (χ1n) is 3.77. The van der Waals surface area contributed by atoms with Gasteiger partial charge in [-0.25, -0.2) is 4.79 Å². The second kappa shape index (κ2) is 4.18. The number of nitrogens with two attached hydrogens (primary N) is 1. The van der Waals surface area contributed by atoms with Crippen molar-refractivity contribution in [2.75, 3.05) is 7.05 Å². The smallest absolute Gasteiger partial charge is 0.408 e. The Bertz CT molecular complexity index is 132. The molecule has 0 aliphatic carbocycles. The summed E-state index contributed by atoms with van der Waals surface area (Å²) in [5.74, 6) is 0. The molecule has 1 amide bonds. The van der Waals surface area contributed by atoms with Gasteiger partial charge in [0, 0.05) is 7.05 Å². The third-order valence-corrected chi connectivity index (χ3v) is 1.70. The second-order valence-electron chi connectivity index (χ2n) is 2.41. The number of nitrogens with one attached hydrogen (secondary N) is 1. The van der Waals surface area contributed by atoms with Gasteiger partial charge >= 0.3 is 6.09 Å². The van der Waals surface area contributed by atoms with Crippen molar-refractivity contribution in [3.63, 3.8) is 0 Å². The van der Waals surface area contributed by atoms with Crippen molar-refractivity contribution >= 4 is 6.09 Å². The fourth-order valence-corrected chi connectivity index (χ4v) is 0.630. The average molecular weight is 160 g/mol. The van der Waals surface area contributed by atoms with E-state index in [0.29, 0.717) is 12.8 Å². The Morgan fingerprint density at radius 2 is 2.00 bits per heavy atom. The first kappa shape index (κ1) is 10.2. The molecule has 0 aromatic rings. The summed E-state index contributed by atoms with van der Waals surface area (Å²) in [4.78, 5) is 10.7. The normalized spacial score (nSPS) is 10.9. The number of ether oxygens (including phenoxy) is 1. The maximum absolute atomic E-state index is 10.7. The van der Waals surface area contributed by atoms with E-state index in [4.69, 9.17) is 10.5 Å². The lowest BCUT2D eigenvalue weighted by Gasteiger charge is -2.25. The molecule has 0 radical (unpaired) electrons. The van der Waals surface area contributed by atoms with Gasteiger partial charge in [0.2, 0.25) is 0 Å². The zero-order valence-electron chi connectivity index (χ0n) is 7.31. The predicted molar refractivity (Wildman–Crippen MR) is 43.0 cm³/mol. The van der Waals surface area contributed by atoms with Crippen molar-refractivity contribution in [2.24, 2.45) is 5.73 Å². The van der Waals surface area contributed by atoms with Crippen LogP contribution in [0.25, 0.3) is 0 Å². The van der Waals surface area contributed by atoms with Gasteiger partial charge in [0.15, 0.2) is 5.72 Å². The number of hydrogen-bond donors (Lipinski definition) is 2. The Morgan fingerprint density at radius 1 is 1.55 bits per heavy atom. The first-order valence-corrected chi connectivity index (χ1v) is 3.77. The summed E-state index contributed by atoms with van der Waals surface area (Å²) < 4.78 is 4.91. The Morgan fingerprint density at radius 3 is 2.27 bits per heavy atom. The van der Waals surface area contributed by atoms with Crippen molar-refractivity contribution in [1.82, 2.24) is 5.32 Å². The molecule has 0 spiro atoms. The fourth-order valence-electron chi connectivity index (χ4n) is 0.630. The van der Waals surface area contributed by atoms with Gasteiger partial charge in [0.25, 0.3) is 0 Å². The van der Waals surface area contributed by atoms with Crippen molar-refractivity contribution in [3.05, 3.63) is 0 Å². The summed E-state index contributed by atoms with van der Waals surface area (Å²) in [6.45, 7) is 3.76. The van der Waals surface area contributed by atoms with Crippen molar-refractivity contribution in [2.45, 2.75) is 32.4 Å². The molecule has 4 nitrogen and oxygen atoms in total. The summed E-state index contributed by atoms with van der Waals surface area (Å²) in [7, 11) is 1.51. The minimum atomic E-state index is -0.805. The SMILES string of the molecule is CCC(N)(CC)OC(=O)NC. The van der Waals surface area contributed by atoms with Gasteiger partial charge in [-0.05, 0) is 12.8 Å². The highest BCUT2D eigenvalue weighted by molar-refractivity contribution is 5.67. The molecule has 0 heterocycles. The number of hydrogen-bond acceptors (Lipinski definition) is 3. The number of carbonyl (C=O) groups is 1. The minimum absolute atomic E-state index is 0.476. The maximum Gasteiger partial charge on any atom is 0.408 e. The molecule has 0 aliphatic rings. The van der Waals surface area contributed by atoms with Gasteiger partial charge in [0.1, 0.15) is 0 Å². The molecular weight excluding hydrogens is 144 g/mol. The van der Waals surface area contributed by atoms with E-state index in [2.05, 4.69) is 5.32 Å². The maximum atomic E-state index is 10.7. The van der Waals surface area contributed by atoms with E-state index in [1.165, 1.54) is 7.05 Å². The topological polar surface area (TPSA) is 64.3 Å². The molecule has 0 atom stereocenters. The van der Waals surface area contributed by atoms with Crippen LogP contribution in [-0.4, -0.2) is 18.9 Å². The van der Waals surface area contributed by atoms with Crippen molar-refractivity contribution < 1.29 is 9.53 Å². The molecule has 11 heavy (non-hydrogen) atoms. The Balaban J connectivity index is 3.96. The lowest BCUT2D eigenvalue weighted by atomic mass is 10.1. The molecule has 0 aliphatic heterocycles. The number of amides is 1. The fraction of sp³-hybridized carbons (Fsp3) is 0.857. The number of alkyl carbamates (subject to hydrolysis) is 1. The lowest BCUT2D eigenvalue weighted by Crippen LogP contribution is -2.45. The highest BCUT2D eigenvalue weighted by Gasteiger charge is 2.24. The summed E-state index contributed by atoms with van der Waals surface area (Å²) in [5.41, 5.74) is 4.88. The van der Waals surface area contributed by atoms with E-state index in [-0.39, 0.29) is 0 Å². The van der Waals surface area contributed by atoms with Crippen molar-refractivity contribution in [3.8, 4) is 0 Å². The number of rotatable bonds is 3. The molecule has 0 fully saturated rings. The molecule has 3 N–H and O–H groups in total. The molecule has 4 heteroatoms. The highest BCUT2D eigenvalue weighted by atomic mass is 16.6. The zero-order valence-corrected chi connectivity index (χ0v) is 7.31. The monoisotopic (exact) mass is 160 g/mol. The molecule has 0 bridgehead atoms. The van der Waals surface area contributed by atoms with Crippen LogP contribution in [-0.2, 0) is 4.74 Å². The zero-order chi connectivity index (χ0) is 8.91. The van der Waals surface area contributed by atoms with Crippen LogP contribution < -0.4 is 11.1 Å². The van der Waals surface area contributed by atoms with E-state index in [0.717, 1.165) is 0 Å². The summed E-state index contributed by atoms with van der Waals surface area (Å²) in [6, 6.07) is 0. The Hall–Kier alpha value is -0.770. The largest absolute Gasteiger partial charge is 0.428 e. The first-order chi connectivity index (χ1) is 5.08. The van der Waals surface area contributed by atoms with E-state index in [1.54, 1.807) is 0 Å². The van der Waals surface area contributed by atoms with Crippen LogP contribution in [0, 0.1) is 0 Å². The van der Waals surface area contributed by atoms with Crippen LogP contribution in [0.5, 0.6) is 0 Å². The van der Waals surface area contributed by atoms with E-state index in [1.807, 2.05) is 13.8 Å². The molecule has 0 saturated heterocycles. The predicted octanol–water partition coefficient (Wildman–Crippen LogP) is 0.817. The van der Waals surface area contributed by atoms with Gasteiger partial charge in [-0.3, -0.25) is 5.73 Å². The summed E-state index contributed by atoms with van der Waals surface area (Å²) >= 11 is 0. The number of carbonyl (C=O) groups excluding carboxylic acids is 1. The molecular formula is C7H16N2O2. The minimum Gasteiger partial charge on any atom is -0.428 e. The average Bonchev–Trinajstić information content (AvgIpc) is 2.04. The Labute approximate surface area is 67.1 Å². The molecule has 0 rings (SSSR count). The van der Waals surface area contributed by atoms with Crippen molar-refractivity contribution in [1.29, 1.82) is 0 Å². The quantitative estimate of drug-likeness (QED) is 0.601. The van der Waals surface area contributed by atoms with E-state index < -0.39 is 11.8 Å². The molecule has 0 unspecified atom stereocenters. The van der Waals surface area contributed by atoms with Gasteiger partial charge < -0.3 is 10.1 Å². The van der Waals surface area contributed by atoms with Crippen LogP contribution >= 0.6 is 0 Å². The Kier molecular flexibility index (Phi) is 3.89. The van der Waals surface area contributed by atoms with Gasteiger partial charge in [0.05, 0.1) is 0 Å². The van der Waals surface area contributed by atoms with E-state index in [9.17, 15) is 4.79 Å². The van der Waals surface area contributed by atoms with Crippen LogP contribution in [0.15, 0.2) is 0 Å². The summed E-state index contributed by atoms with van der Waals surface area (Å²) in [5, 5.41) is 2.35. The van der Waals surface area contributed by atoms with Crippen LogP contribution in [0.4, 0.5) is 4.79 Å². The van der Waals surface area contributed by atoms with Gasteiger partial charge in [-0.15, -0.1) is 0 Å². The third-order valence-electron chi connectivity index (χ3n) is 1.70. The molecule has 0 aromatic carbocycles. The second-order valence-corrected chi connectivity index (χ2v) is 2.41. The van der Waals surface area contributed by atoms with Crippen LogP contribution in [0.3, 0.4) is 0 Å². The van der Waals surface area contributed by atoms with Crippen LogP contribution in [0.1, 0.15) is 26.7 Å². The molecule has 66 valence electrons. The van der Waals surface area contributed by atoms with E-state index >= 15 is 0 Å². The lowest BCUT2D eigenvalue weighted by molar-refractivity contribution is 0.0106. The summed E-state index contributed by atoms with van der Waals surface area (Å²) in [6.07, 6.45) is 0.768. The van der Waals surface area contributed by atoms with Gasteiger partial charge in [-0.1, -0.05) is 13.8 Å². The molecule has 0 aromatic heterocycles. The van der Waals surface area contributed by atoms with Gasteiger partial charge in [-0.2, -0.15) is 0 Å². The highest BCUT2D eigenvalue weighted by Crippen LogP contribution is 2.12. The van der Waals surface area contributed by atoms with Crippen LogP contribution in [0.2, 0.25) is 0 Å². The molecule has 0 saturated carbocycles. The standard InChI is InChI=1S/C7H16N2O2/c1-4-7(8,5-2)11-6(10)9-3/h4-5,8H2,1-3H3,(H,9,10).